The number of halogens is 1. The van der Waals surface area contributed by atoms with Gasteiger partial charge in [-0.05, 0) is 46.9 Å². The molecular formula is C16H22BrN3. The maximum Gasteiger partial charge on any atom is 0.0760 e. The van der Waals surface area contributed by atoms with E-state index >= 15 is 0 Å². The van der Waals surface area contributed by atoms with E-state index in [0.717, 1.165) is 23.9 Å². The molecule has 0 bridgehead atoms. The molecule has 1 N–H and O–H groups in total. The fraction of sp³-hybridized carbons (Fsp3) is 0.438. The second-order valence-electron chi connectivity index (χ2n) is 4.87. The van der Waals surface area contributed by atoms with Crippen molar-refractivity contribution in [2.45, 2.75) is 39.3 Å². The van der Waals surface area contributed by atoms with Crippen molar-refractivity contribution >= 4 is 15.9 Å². The van der Waals surface area contributed by atoms with Crippen LogP contribution in [0.5, 0.6) is 0 Å². The van der Waals surface area contributed by atoms with Gasteiger partial charge in [0.2, 0.25) is 0 Å². The van der Waals surface area contributed by atoms with Gasteiger partial charge in [-0.3, -0.25) is 4.68 Å². The first-order valence-electron chi connectivity index (χ1n) is 7.19. The molecule has 1 heterocycles. The minimum absolute atomic E-state index is 0.162. The van der Waals surface area contributed by atoms with E-state index in [0.29, 0.717) is 0 Å². The average Bonchev–Trinajstić information content (AvgIpc) is 2.83. The summed E-state index contributed by atoms with van der Waals surface area (Å²) >= 11 is 3.65. The number of hydrogen-bond donors (Lipinski definition) is 1. The van der Waals surface area contributed by atoms with Gasteiger partial charge >= 0.3 is 0 Å². The Bertz CT molecular complexity index is 563. The highest BCUT2D eigenvalue weighted by molar-refractivity contribution is 9.10. The Morgan fingerprint density at radius 3 is 2.70 bits per heavy atom. The molecule has 4 heteroatoms. The van der Waals surface area contributed by atoms with Crippen molar-refractivity contribution in [3.63, 3.8) is 0 Å². The summed E-state index contributed by atoms with van der Waals surface area (Å²) in [6.45, 7) is 5.31. The first kappa shape index (κ1) is 15.3. The van der Waals surface area contributed by atoms with E-state index in [1.165, 1.54) is 16.8 Å². The lowest BCUT2D eigenvalue weighted by molar-refractivity contribution is 0.532. The van der Waals surface area contributed by atoms with Crippen molar-refractivity contribution in [3.8, 4) is 0 Å². The lowest BCUT2D eigenvalue weighted by atomic mass is 9.96. The van der Waals surface area contributed by atoms with Crippen molar-refractivity contribution in [1.82, 2.24) is 15.1 Å². The van der Waals surface area contributed by atoms with E-state index in [4.69, 9.17) is 0 Å². The normalized spacial score (nSPS) is 12.6. The van der Waals surface area contributed by atoms with Crippen LogP contribution in [0.15, 0.2) is 34.9 Å². The monoisotopic (exact) mass is 335 g/mol. The van der Waals surface area contributed by atoms with E-state index in [2.05, 4.69) is 69.1 Å². The van der Waals surface area contributed by atoms with Crippen LogP contribution in [-0.4, -0.2) is 16.8 Å². The van der Waals surface area contributed by atoms with Gasteiger partial charge in [-0.25, -0.2) is 0 Å². The lowest BCUT2D eigenvalue weighted by Gasteiger charge is -2.21. The molecule has 1 unspecified atom stereocenters. The summed E-state index contributed by atoms with van der Waals surface area (Å²) in [4.78, 5) is 0. The van der Waals surface area contributed by atoms with Gasteiger partial charge in [0.1, 0.15) is 0 Å². The minimum atomic E-state index is 0.162. The summed E-state index contributed by atoms with van der Waals surface area (Å²) in [5.74, 6) is 0. The number of benzene rings is 1. The maximum absolute atomic E-state index is 4.49. The smallest absolute Gasteiger partial charge is 0.0760 e. The van der Waals surface area contributed by atoms with Crippen LogP contribution < -0.4 is 5.32 Å². The highest BCUT2D eigenvalue weighted by Gasteiger charge is 2.21. The fourth-order valence-corrected chi connectivity index (χ4v) is 3.15. The maximum atomic E-state index is 4.49. The molecule has 0 saturated carbocycles. The van der Waals surface area contributed by atoms with Crippen LogP contribution in [0.25, 0.3) is 0 Å². The molecule has 108 valence electrons. The zero-order chi connectivity index (χ0) is 14.5. The van der Waals surface area contributed by atoms with Crippen LogP contribution in [0.3, 0.4) is 0 Å². The molecular weight excluding hydrogens is 314 g/mol. The van der Waals surface area contributed by atoms with E-state index in [-0.39, 0.29) is 6.04 Å². The summed E-state index contributed by atoms with van der Waals surface area (Å²) < 4.78 is 3.16. The molecule has 2 aromatic rings. The van der Waals surface area contributed by atoms with E-state index < -0.39 is 0 Å². The first-order chi connectivity index (χ1) is 9.72. The molecule has 0 aliphatic heterocycles. The molecule has 0 radical (unpaired) electrons. The van der Waals surface area contributed by atoms with Gasteiger partial charge in [0.25, 0.3) is 0 Å². The molecule has 0 amide bonds. The number of nitrogens with zero attached hydrogens (tertiary/aromatic N) is 2. The molecule has 1 atom stereocenters. The Kier molecular flexibility index (Phi) is 5.38. The third-order valence-electron chi connectivity index (χ3n) is 3.58. The molecule has 0 saturated heterocycles. The van der Waals surface area contributed by atoms with Crippen LogP contribution in [0.2, 0.25) is 0 Å². The third kappa shape index (κ3) is 2.96. The van der Waals surface area contributed by atoms with E-state index in [1.54, 1.807) is 0 Å². The molecule has 0 fully saturated rings. The van der Waals surface area contributed by atoms with Crippen molar-refractivity contribution in [3.05, 3.63) is 51.8 Å². The lowest BCUT2D eigenvalue weighted by Crippen LogP contribution is -2.23. The van der Waals surface area contributed by atoms with Crippen LogP contribution in [0, 0.1) is 0 Å². The van der Waals surface area contributed by atoms with Gasteiger partial charge in [-0.15, -0.1) is 0 Å². The number of nitrogens with one attached hydrogen (secondary N) is 1. The minimum Gasteiger partial charge on any atom is -0.308 e. The topological polar surface area (TPSA) is 29.9 Å². The van der Waals surface area contributed by atoms with Gasteiger partial charge < -0.3 is 5.32 Å². The number of hydrogen-bond acceptors (Lipinski definition) is 2. The SMILES string of the molecule is CCCn1ncc(Br)c1C(NC)c1ccccc1CC. The Labute approximate surface area is 129 Å². The summed E-state index contributed by atoms with van der Waals surface area (Å²) in [5, 5.41) is 7.93. The van der Waals surface area contributed by atoms with Gasteiger partial charge in [0, 0.05) is 6.54 Å². The van der Waals surface area contributed by atoms with Gasteiger partial charge in [0.15, 0.2) is 0 Å². The zero-order valence-electron chi connectivity index (χ0n) is 12.4. The van der Waals surface area contributed by atoms with Crippen LogP contribution in [-0.2, 0) is 13.0 Å². The predicted molar refractivity (Wildman–Crippen MR) is 86.9 cm³/mol. The molecule has 2 rings (SSSR count). The molecule has 1 aromatic heterocycles. The Hall–Kier alpha value is -1.13. The zero-order valence-corrected chi connectivity index (χ0v) is 13.9. The van der Waals surface area contributed by atoms with Gasteiger partial charge in [-0.2, -0.15) is 5.10 Å². The predicted octanol–water partition coefficient (Wildman–Crippen LogP) is 3.93. The highest BCUT2D eigenvalue weighted by Crippen LogP contribution is 2.30. The van der Waals surface area contributed by atoms with E-state index in [1.807, 2.05) is 13.2 Å². The molecule has 0 spiro atoms. The Balaban J connectivity index is 2.49. The first-order valence-corrected chi connectivity index (χ1v) is 7.98. The van der Waals surface area contributed by atoms with Crippen molar-refractivity contribution < 1.29 is 0 Å². The molecule has 0 aliphatic carbocycles. The van der Waals surface area contributed by atoms with Crippen molar-refractivity contribution in [2.75, 3.05) is 7.05 Å². The van der Waals surface area contributed by atoms with Gasteiger partial charge in [0.05, 0.1) is 22.4 Å². The van der Waals surface area contributed by atoms with Crippen LogP contribution >= 0.6 is 15.9 Å². The number of aryl methyl sites for hydroxylation is 2. The summed E-state index contributed by atoms with van der Waals surface area (Å²) in [5.41, 5.74) is 3.91. The van der Waals surface area contributed by atoms with Crippen LogP contribution in [0.4, 0.5) is 0 Å². The second-order valence-corrected chi connectivity index (χ2v) is 5.73. The Morgan fingerprint density at radius 1 is 1.30 bits per heavy atom. The molecule has 20 heavy (non-hydrogen) atoms. The van der Waals surface area contributed by atoms with Gasteiger partial charge in [-0.1, -0.05) is 38.1 Å². The van der Waals surface area contributed by atoms with E-state index in [9.17, 15) is 0 Å². The van der Waals surface area contributed by atoms with Crippen molar-refractivity contribution in [2.24, 2.45) is 0 Å². The highest BCUT2D eigenvalue weighted by atomic mass is 79.9. The number of rotatable bonds is 6. The molecule has 0 aliphatic rings. The summed E-state index contributed by atoms with van der Waals surface area (Å²) in [7, 11) is 2.01. The standard InChI is InChI=1S/C16H22BrN3/c1-4-10-20-16(14(17)11-19-20)15(18-3)13-9-7-6-8-12(13)5-2/h6-9,11,15,18H,4-5,10H2,1-3H3. The molecule has 1 aromatic carbocycles. The second kappa shape index (κ2) is 7.04. The summed E-state index contributed by atoms with van der Waals surface area (Å²) in [6, 6.07) is 8.78. The molecule has 3 nitrogen and oxygen atoms in total. The number of aromatic nitrogens is 2. The van der Waals surface area contributed by atoms with Crippen molar-refractivity contribution in [1.29, 1.82) is 0 Å². The Morgan fingerprint density at radius 2 is 2.05 bits per heavy atom. The quantitative estimate of drug-likeness (QED) is 0.866. The summed E-state index contributed by atoms with van der Waals surface area (Å²) in [6.07, 6.45) is 4.00. The average molecular weight is 336 g/mol. The fourth-order valence-electron chi connectivity index (χ4n) is 2.63. The largest absolute Gasteiger partial charge is 0.308 e. The van der Waals surface area contributed by atoms with Crippen LogP contribution in [0.1, 0.15) is 43.1 Å². The third-order valence-corrected chi connectivity index (χ3v) is 4.19.